The Balaban J connectivity index is 2.07. The van der Waals surface area contributed by atoms with Gasteiger partial charge in [0.25, 0.3) is 5.91 Å². The van der Waals surface area contributed by atoms with Crippen LogP contribution in [0.5, 0.6) is 0 Å². The lowest BCUT2D eigenvalue weighted by atomic mass is 10.1. The van der Waals surface area contributed by atoms with Gasteiger partial charge in [-0.1, -0.05) is 39.5 Å². The number of esters is 1. The van der Waals surface area contributed by atoms with Crippen molar-refractivity contribution in [3.05, 3.63) is 75.1 Å². The number of ether oxygens (including phenoxy) is 1. The second-order valence-electron chi connectivity index (χ2n) is 6.21. The Kier molecular flexibility index (Phi) is 4.40. The van der Waals surface area contributed by atoms with Crippen LogP contribution >= 0.6 is 11.6 Å². The number of halogens is 1. The first kappa shape index (κ1) is 18.8. The number of carbonyl (C=O) groups is 2. The van der Waals surface area contributed by atoms with Crippen molar-refractivity contribution >= 4 is 46.3 Å². The molecule has 4 rings (SSSR count). The zero-order valence-electron chi connectivity index (χ0n) is 15.1. The fraction of sp³-hybridized carbons (Fsp3) is 0.105. The summed E-state index contributed by atoms with van der Waals surface area (Å²) in [6.07, 6.45) is 1.53. The van der Waals surface area contributed by atoms with Gasteiger partial charge in [-0.3, -0.25) is 20.2 Å². The molecule has 0 saturated carbocycles. The van der Waals surface area contributed by atoms with Gasteiger partial charge in [-0.25, -0.2) is 4.79 Å². The van der Waals surface area contributed by atoms with E-state index in [9.17, 15) is 19.7 Å². The molecule has 0 radical (unpaired) electrons. The zero-order chi connectivity index (χ0) is 20.8. The molecule has 29 heavy (non-hydrogen) atoms. The average molecular weight is 414 g/mol. The number of quaternary nitrogens is 1. The van der Waals surface area contributed by atoms with Crippen molar-refractivity contribution < 1.29 is 19.2 Å². The minimum absolute atomic E-state index is 0.0265. The van der Waals surface area contributed by atoms with E-state index < -0.39 is 27.1 Å². The Labute approximate surface area is 169 Å². The largest absolute Gasteiger partial charge is 0.462 e. The Morgan fingerprint density at radius 2 is 2.00 bits per heavy atom. The number of amides is 1. The summed E-state index contributed by atoms with van der Waals surface area (Å²) in [5.41, 5.74) is -0.180. The van der Waals surface area contributed by atoms with Crippen molar-refractivity contribution in [2.24, 2.45) is 5.10 Å². The van der Waals surface area contributed by atoms with Crippen LogP contribution in [0.25, 0.3) is 0 Å². The zero-order valence-corrected chi connectivity index (χ0v) is 15.8. The molecule has 1 atom stereocenters. The smallest absolute Gasteiger partial charge is 0.348 e. The highest BCUT2D eigenvalue weighted by Gasteiger charge is 2.54. The topological polar surface area (TPSA) is 111 Å². The highest BCUT2D eigenvalue weighted by Crippen LogP contribution is 2.50. The fourth-order valence-electron chi connectivity index (χ4n) is 3.44. The standard InChI is InChI=1S/C19H13ClN4O5/c1-2-29-19(26)16-12(20)8-9-14(17(16)23(27)28)24(11-6-4-3-5-7-11)15-10-13(22-24)18(25)21-15/h3-10H,2H2,1H3/p+1. The van der Waals surface area contributed by atoms with Crippen LogP contribution in [0.3, 0.4) is 0 Å². The Morgan fingerprint density at radius 1 is 1.28 bits per heavy atom. The second-order valence-corrected chi connectivity index (χ2v) is 6.61. The first-order valence-corrected chi connectivity index (χ1v) is 9.01. The van der Waals surface area contributed by atoms with E-state index in [1.165, 1.54) is 18.2 Å². The van der Waals surface area contributed by atoms with Crippen molar-refractivity contribution in [2.75, 3.05) is 6.61 Å². The highest BCUT2D eigenvalue weighted by atomic mass is 35.5. The van der Waals surface area contributed by atoms with Gasteiger partial charge in [-0.05, 0) is 13.0 Å². The molecule has 0 spiro atoms. The molecule has 1 N–H and O–H groups in total. The third kappa shape index (κ3) is 2.71. The van der Waals surface area contributed by atoms with E-state index in [4.69, 9.17) is 16.3 Å². The maximum absolute atomic E-state index is 12.5. The van der Waals surface area contributed by atoms with Crippen LogP contribution in [0.4, 0.5) is 17.1 Å². The molecule has 2 aromatic rings. The summed E-state index contributed by atoms with van der Waals surface area (Å²) in [6.45, 7) is 1.62. The van der Waals surface area contributed by atoms with Crippen LogP contribution in [0.15, 0.2) is 59.5 Å². The monoisotopic (exact) mass is 413 g/mol. The minimum atomic E-state index is -0.910. The number of nitro groups is 1. The number of nitrogens with one attached hydrogen (secondary N) is 1. The third-order valence-electron chi connectivity index (χ3n) is 4.60. The first-order chi connectivity index (χ1) is 13.9. The first-order valence-electron chi connectivity index (χ1n) is 8.63. The highest BCUT2D eigenvalue weighted by molar-refractivity contribution is 6.47. The lowest BCUT2D eigenvalue weighted by Crippen LogP contribution is -2.47. The van der Waals surface area contributed by atoms with Gasteiger partial charge in [0.15, 0.2) is 17.0 Å². The summed E-state index contributed by atoms with van der Waals surface area (Å²) < 4.78 is 4.48. The van der Waals surface area contributed by atoms with Crippen LogP contribution in [0, 0.1) is 10.1 Å². The van der Waals surface area contributed by atoms with Gasteiger partial charge in [0.05, 0.1) is 22.6 Å². The molecule has 146 valence electrons. The van der Waals surface area contributed by atoms with Gasteiger partial charge in [0, 0.05) is 18.2 Å². The number of benzene rings is 2. The van der Waals surface area contributed by atoms with E-state index in [0.717, 1.165) is 0 Å². The average Bonchev–Trinajstić information content (AvgIpc) is 3.26. The molecule has 2 aliphatic heterocycles. The normalized spacial score (nSPS) is 19.4. The summed E-state index contributed by atoms with van der Waals surface area (Å²) in [5.74, 6) is -0.990. The molecule has 0 aromatic heterocycles. The summed E-state index contributed by atoms with van der Waals surface area (Å²) in [6, 6.07) is 11.5. The molecular formula is C19H14ClN4O5+. The summed E-state index contributed by atoms with van der Waals surface area (Å²) in [5, 5.41) is 19.1. The van der Waals surface area contributed by atoms with E-state index in [-0.39, 0.29) is 28.6 Å². The van der Waals surface area contributed by atoms with E-state index in [1.54, 1.807) is 37.3 Å². The van der Waals surface area contributed by atoms with Crippen LogP contribution in [-0.4, -0.2) is 29.1 Å². The third-order valence-corrected chi connectivity index (χ3v) is 4.92. The molecule has 1 amide bonds. The van der Waals surface area contributed by atoms with Crippen LogP contribution in [-0.2, 0) is 9.53 Å². The molecule has 2 aromatic carbocycles. The van der Waals surface area contributed by atoms with Crippen LogP contribution < -0.4 is 9.91 Å². The molecule has 9 nitrogen and oxygen atoms in total. The van der Waals surface area contributed by atoms with Crippen molar-refractivity contribution in [1.29, 1.82) is 0 Å². The number of hydrogen-bond acceptors (Lipinski definition) is 6. The lowest BCUT2D eigenvalue weighted by Gasteiger charge is -2.30. The summed E-state index contributed by atoms with van der Waals surface area (Å²) >= 11 is 6.14. The van der Waals surface area contributed by atoms with E-state index in [1.807, 2.05) is 0 Å². The molecule has 1 unspecified atom stereocenters. The molecule has 2 bridgehead atoms. The van der Waals surface area contributed by atoms with E-state index in [0.29, 0.717) is 11.5 Å². The van der Waals surface area contributed by atoms with Crippen LogP contribution in [0.2, 0.25) is 5.02 Å². The quantitative estimate of drug-likeness (QED) is 0.349. The lowest BCUT2D eigenvalue weighted by molar-refractivity contribution is -0.384. The number of rotatable bonds is 5. The Hall–Kier alpha value is -3.56. The molecule has 2 heterocycles. The van der Waals surface area contributed by atoms with Crippen LogP contribution in [0.1, 0.15) is 17.3 Å². The predicted octanol–water partition coefficient (Wildman–Crippen LogP) is 3.40. The number of para-hydroxylation sites is 1. The summed E-state index contributed by atoms with van der Waals surface area (Å²) in [7, 11) is 0. The number of fused-ring (bicyclic) bond motifs is 1. The van der Waals surface area contributed by atoms with Gasteiger partial charge in [-0.2, -0.15) is 0 Å². The van der Waals surface area contributed by atoms with Crippen molar-refractivity contribution in [3.63, 3.8) is 0 Å². The molecule has 0 saturated heterocycles. The predicted molar refractivity (Wildman–Crippen MR) is 106 cm³/mol. The maximum Gasteiger partial charge on any atom is 0.348 e. The number of carbonyl (C=O) groups excluding carboxylic acids is 2. The van der Waals surface area contributed by atoms with Crippen molar-refractivity contribution in [3.8, 4) is 0 Å². The van der Waals surface area contributed by atoms with Crippen molar-refractivity contribution in [2.45, 2.75) is 6.92 Å². The second kappa shape index (κ2) is 6.80. The van der Waals surface area contributed by atoms with Gasteiger partial charge >= 0.3 is 11.7 Å². The van der Waals surface area contributed by atoms with E-state index >= 15 is 0 Å². The maximum atomic E-state index is 12.5. The number of nitrogens with zero attached hydrogens (tertiary/aromatic N) is 3. The minimum Gasteiger partial charge on any atom is -0.462 e. The number of hydrogen-bond donors (Lipinski definition) is 1. The molecule has 0 fully saturated rings. The molecular weight excluding hydrogens is 400 g/mol. The SMILES string of the molecule is CCOC(=O)c1c(Cl)ccc([N+]2(c3ccccc3)N=C3C=C2NC3=O)c1[N+](=O)[O-]. The van der Waals surface area contributed by atoms with Gasteiger partial charge in [-0.15, -0.1) is 0 Å². The van der Waals surface area contributed by atoms with E-state index in [2.05, 4.69) is 10.4 Å². The Bertz CT molecular complexity index is 1130. The number of nitro benzene ring substituents is 1. The Morgan fingerprint density at radius 3 is 2.55 bits per heavy atom. The molecule has 0 aliphatic carbocycles. The summed E-state index contributed by atoms with van der Waals surface area (Å²) in [4.78, 5) is 35.8. The van der Waals surface area contributed by atoms with Crippen molar-refractivity contribution in [1.82, 2.24) is 9.91 Å². The van der Waals surface area contributed by atoms with Gasteiger partial charge in [0.2, 0.25) is 11.5 Å². The molecule has 2 aliphatic rings. The fourth-order valence-corrected chi connectivity index (χ4v) is 3.67. The van der Waals surface area contributed by atoms with Gasteiger partial charge in [0.1, 0.15) is 0 Å². The van der Waals surface area contributed by atoms with Gasteiger partial charge < -0.3 is 4.74 Å². The molecule has 10 heteroatoms.